The molecule has 9 nitrogen and oxygen atoms in total. The van der Waals surface area contributed by atoms with Gasteiger partial charge in [0.1, 0.15) is 0 Å². The first kappa shape index (κ1) is 30.8. The Morgan fingerprint density at radius 2 is 1.73 bits per heavy atom. The van der Waals surface area contributed by atoms with Crippen LogP contribution in [0.1, 0.15) is 54.5 Å². The maximum Gasteiger partial charge on any atom is 0.227 e. The number of piperazine rings is 1. The third kappa shape index (κ3) is 6.56. The smallest absolute Gasteiger partial charge is 0.227 e. The lowest BCUT2D eigenvalue weighted by molar-refractivity contribution is -0.135. The first-order chi connectivity index (χ1) is 21.2. The normalized spacial score (nSPS) is 21.3. The lowest BCUT2D eigenvalue weighted by atomic mass is 10.0. The van der Waals surface area contributed by atoms with Crippen LogP contribution in [0, 0.1) is 13.8 Å². The molecule has 4 aromatic rings. The minimum absolute atomic E-state index is 0.114. The summed E-state index contributed by atoms with van der Waals surface area (Å²) in [4.78, 5) is 20.5. The third-order valence-electron chi connectivity index (χ3n) is 9.13. The van der Waals surface area contributed by atoms with Gasteiger partial charge in [-0.1, -0.05) is 58.7 Å². The van der Waals surface area contributed by atoms with Gasteiger partial charge >= 0.3 is 0 Å². The molecule has 2 saturated heterocycles. The Labute approximate surface area is 269 Å². The van der Waals surface area contributed by atoms with E-state index in [1.54, 1.807) is 16.8 Å². The van der Waals surface area contributed by atoms with Crippen LogP contribution >= 0.6 is 23.2 Å². The zero-order valence-corrected chi connectivity index (χ0v) is 27.3. The molecule has 0 aliphatic carbocycles. The largest absolute Gasteiger partial charge is 0.339 e. The van der Waals surface area contributed by atoms with Crippen LogP contribution in [0.25, 0.3) is 5.69 Å². The molecule has 1 amide bonds. The van der Waals surface area contributed by atoms with Crippen molar-refractivity contribution in [2.75, 3.05) is 26.2 Å². The molecule has 1 unspecified atom stereocenters. The van der Waals surface area contributed by atoms with E-state index in [0.717, 1.165) is 60.9 Å². The highest BCUT2D eigenvalue weighted by atomic mass is 35.5. The summed E-state index contributed by atoms with van der Waals surface area (Å²) >= 11 is 12.6. The first-order valence-corrected chi connectivity index (χ1v) is 16.1. The van der Waals surface area contributed by atoms with E-state index in [1.807, 2.05) is 24.8 Å². The van der Waals surface area contributed by atoms with Gasteiger partial charge in [-0.05, 0) is 57.9 Å². The van der Waals surface area contributed by atoms with Gasteiger partial charge in [0.25, 0.3) is 0 Å². The SMILES string of the molecule is Cc1nn(-c2ccc(Cl)cc2Cl)c(C)c1CC(=O)N1C[C@@H](C)N(Cc2cn(C3CCN(Cc4ccccc4)C3)nn2)[C@@H](C)C1. The highest BCUT2D eigenvalue weighted by molar-refractivity contribution is 6.35. The van der Waals surface area contributed by atoms with E-state index in [2.05, 4.69) is 75.2 Å². The Hall–Kier alpha value is -3.24. The second kappa shape index (κ2) is 13.0. The van der Waals surface area contributed by atoms with Gasteiger partial charge in [-0.3, -0.25) is 14.6 Å². The number of likely N-dealkylation sites (tertiary alicyclic amines) is 1. The van der Waals surface area contributed by atoms with E-state index >= 15 is 0 Å². The van der Waals surface area contributed by atoms with Crippen molar-refractivity contribution >= 4 is 29.1 Å². The van der Waals surface area contributed by atoms with Gasteiger partial charge in [0.05, 0.1) is 40.8 Å². The molecule has 4 heterocycles. The Morgan fingerprint density at radius 1 is 0.977 bits per heavy atom. The predicted octanol–water partition coefficient (Wildman–Crippen LogP) is 5.50. The minimum Gasteiger partial charge on any atom is -0.339 e. The Balaban J connectivity index is 1.05. The molecule has 3 atom stereocenters. The van der Waals surface area contributed by atoms with E-state index in [4.69, 9.17) is 28.3 Å². The molecule has 2 aromatic heterocycles. The van der Waals surface area contributed by atoms with E-state index in [-0.39, 0.29) is 18.0 Å². The van der Waals surface area contributed by atoms with Gasteiger partial charge in [-0.2, -0.15) is 5.10 Å². The van der Waals surface area contributed by atoms with Crippen molar-refractivity contribution in [1.29, 1.82) is 0 Å². The van der Waals surface area contributed by atoms with Crippen molar-refractivity contribution in [2.24, 2.45) is 0 Å². The molecule has 232 valence electrons. The van der Waals surface area contributed by atoms with Crippen LogP contribution in [-0.2, 0) is 24.3 Å². The van der Waals surface area contributed by atoms with E-state index in [0.29, 0.717) is 35.6 Å². The second-order valence-corrected chi connectivity index (χ2v) is 13.2. The molecule has 2 aromatic carbocycles. The number of carbonyl (C=O) groups excluding carboxylic acids is 1. The highest BCUT2D eigenvalue weighted by Gasteiger charge is 2.33. The number of hydrogen-bond donors (Lipinski definition) is 0. The molecule has 2 aliphatic heterocycles. The molecular formula is C33H40Cl2N8O. The first-order valence-electron chi connectivity index (χ1n) is 15.4. The van der Waals surface area contributed by atoms with Crippen molar-refractivity contribution in [1.82, 2.24) is 39.5 Å². The van der Waals surface area contributed by atoms with E-state index in [9.17, 15) is 4.79 Å². The van der Waals surface area contributed by atoms with Crippen LogP contribution in [-0.4, -0.2) is 83.6 Å². The molecule has 44 heavy (non-hydrogen) atoms. The summed E-state index contributed by atoms with van der Waals surface area (Å²) in [5, 5.41) is 14.9. The number of halogens is 2. The number of amides is 1. The molecule has 11 heteroatoms. The van der Waals surface area contributed by atoms with E-state index in [1.165, 1.54) is 5.56 Å². The lowest BCUT2D eigenvalue weighted by Crippen LogP contribution is -2.57. The van der Waals surface area contributed by atoms with Crippen LogP contribution in [0.4, 0.5) is 0 Å². The fourth-order valence-electron chi connectivity index (χ4n) is 6.72. The number of carbonyl (C=O) groups is 1. The summed E-state index contributed by atoms with van der Waals surface area (Å²) in [7, 11) is 0. The van der Waals surface area contributed by atoms with Crippen molar-refractivity contribution in [2.45, 2.75) is 71.8 Å². The fourth-order valence-corrected chi connectivity index (χ4v) is 7.21. The molecule has 2 aliphatic rings. The summed E-state index contributed by atoms with van der Waals surface area (Å²) < 4.78 is 3.86. The molecule has 0 N–H and O–H groups in total. The van der Waals surface area contributed by atoms with Crippen LogP contribution in [0.3, 0.4) is 0 Å². The van der Waals surface area contributed by atoms with Gasteiger partial charge in [-0.25, -0.2) is 9.36 Å². The summed E-state index contributed by atoms with van der Waals surface area (Å²) in [5.41, 5.74) is 5.75. The van der Waals surface area contributed by atoms with Gasteiger partial charge in [-0.15, -0.1) is 5.10 Å². The fraction of sp³-hybridized carbons (Fsp3) is 0.455. The average molecular weight is 636 g/mol. The van der Waals surface area contributed by atoms with E-state index < -0.39 is 0 Å². The average Bonchev–Trinajstić information content (AvgIpc) is 3.72. The molecule has 0 bridgehead atoms. The maximum atomic E-state index is 13.6. The van der Waals surface area contributed by atoms with Crippen LogP contribution in [0.2, 0.25) is 10.0 Å². The third-order valence-corrected chi connectivity index (χ3v) is 9.67. The summed E-state index contributed by atoms with van der Waals surface area (Å²) in [6.07, 6.45) is 3.50. The molecule has 0 saturated carbocycles. The Morgan fingerprint density at radius 3 is 2.45 bits per heavy atom. The molecule has 0 radical (unpaired) electrons. The lowest BCUT2D eigenvalue weighted by Gasteiger charge is -2.44. The Bertz CT molecular complexity index is 1610. The molecular weight excluding hydrogens is 595 g/mol. The van der Waals surface area contributed by atoms with Crippen molar-refractivity contribution < 1.29 is 4.79 Å². The van der Waals surface area contributed by atoms with Gasteiger partial charge < -0.3 is 4.90 Å². The van der Waals surface area contributed by atoms with Crippen LogP contribution in [0.15, 0.2) is 54.7 Å². The minimum atomic E-state index is 0.114. The second-order valence-electron chi connectivity index (χ2n) is 12.4. The Kier molecular flexibility index (Phi) is 9.10. The monoisotopic (exact) mass is 634 g/mol. The number of nitrogens with zero attached hydrogens (tertiary/aromatic N) is 8. The number of benzene rings is 2. The molecule has 6 rings (SSSR count). The molecule has 2 fully saturated rings. The van der Waals surface area contributed by atoms with Crippen molar-refractivity contribution in [3.8, 4) is 5.69 Å². The molecule has 0 spiro atoms. The number of aromatic nitrogens is 5. The van der Waals surface area contributed by atoms with Gasteiger partial charge in [0, 0.05) is 67.6 Å². The van der Waals surface area contributed by atoms with Crippen molar-refractivity contribution in [3.05, 3.63) is 93.0 Å². The summed E-state index contributed by atoms with van der Waals surface area (Å²) in [6, 6.07) is 16.7. The quantitative estimate of drug-likeness (QED) is 0.255. The van der Waals surface area contributed by atoms with Crippen LogP contribution in [0.5, 0.6) is 0 Å². The zero-order valence-electron chi connectivity index (χ0n) is 25.8. The van der Waals surface area contributed by atoms with Gasteiger partial charge in [0.2, 0.25) is 5.91 Å². The standard InChI is InChI=1S/C33H40Cl2N8O/c1-22-16-40(33(44)15-30-24(3)37-43(25(30)4)32-11-10-27(34)14-31(32)35)17-23(2)41(22)19-28-20-42(38-36-28)29-12-13-39(21-29)18-26-8-6-5-7-9-26/h5-11,14,20,22-23,29H,12-13,15-19,21H2,1-4H3/t22-,23+,29?. The summed E-state index contributed by atoms with van der Waals surface area (Å²) in [6.45, 7) is 13.4. The number of rotatable bonds is 8. The van der Waals surface area contributed by atoms with Gasteiger partial charge in [0.15, 0.2) is 0 Å². The number of aryl methyl sites for hydroxylation is 1. The number of hydrogen-bond acceptors (Lipinski definition) is 6. The highest BCUT2D eigenvalue weighted by Crippen LogP contribution is 2.28. The summed E-state index contributed by atoms with van der Waals surface area (Å²) in [5.74, 6) is 0.114. The topological polar surface area (TPSA) is 75.3 Å². The van der Waals surface area contributed by atoms with Crippen LogP contribution < -0.4 is 0 Å². The van der Waals surface area contributed by atoms with Crippen molar-refractivity contribution in [3.63, 3.8) is 0 Å². The predicted molar refractivity (Wildman–Crippen MR) is 173 cm³/mol. The zero-order chi connectivity index (χ0) is 31.0. The maximum absolute atomic E-state index is 13.6.